The van der Waals surface area contributed by atoms with E-state index in [0.717, 1.165) is 0 Å². The maximum Gasteiger partial charge on any atom is 0.412 e. The first kappa shape index (κ1) is 15.8. The fourth-order valence-electron chi connectivity index (χ4n) is 1.21. The summed E-state index contributed by atoms with van der Waals surface area (Å²) in [5.41, 5.74) is -0.442. The van der Waals surface area contributed by atoms with Gasteiger partial charge in [-0.05, 0) is 39.0 Å². The number of benzene rings is 1. The van der Waals surface area contributed by atoms with E-state index in [1.54, 1.807) is 20.8 Å². The van der Waals surface area contributed by atoms with E-state index in [9.17, 15) is 13.2 Å². The highest BCUT2D eigenvalue weighted by Gasteiger charge is 2.18. The molecule has 0 heterocycles. The third kappa shape index (κ3) is 5.09. The molecule has 3 N–H and O–H groups in total. The highest BCUT2D eigenvalue weighted by molar-refractivity contribution is 7.89. The van der Waals surface area contributed by atoms with Gasteiger partial charge in [0.1, 0.15) is 5.60 Å². The zero-order valence-corrected chi connectivity index (χ0v) is 12.5. The normalized spacial score (nSPS) is 12.1. The maximum absolute atomic E-state index is 11.6. The standard InChI is InChI=1S/C11H16N2O4S2/c1-11(2,3)17-10(14)13-8-6-7(19(12,15)16)4-5-9(8)18/h4-6,18H,1-3H3,(H,13,14)(H2,12,15,16). The van der Waals surface area contributed by atoms with Gasteiger partial charge in [-0.2, -0.15) is 0 Å². The van der Waals surface area contributed by atoms with E-state index < -0.39 is 21.7 Å². The van der Waals surface area contributed by atoms with Gasteiger partial charge in [-0.25, -0.2) is 18.4 Å². The van der Waals surface area contributed by atoms with Gasteiger partial charge in [-0.1, -0.05) is 0 Å². The van der Waals surface area contributed by atoms with Crippen LogP contribution in [-0.2, 0) is 14.8 Å². The molecule has 19 heavy (non-hydrogen) atoms. The number of nitrogens with two attached hydrogens (primary N) is 1. The summed E-state index contributed by atoms with van der Waals surface area (Å²) in [5.74, 6) is 0. The Hall–Kier alpha value is -1.25. The second-order valence-corrected chi connectivity index (χ2v) is 6.89. The van der Waals surface area contributed by atoms with Crippen LogP contribution in [0.15, 0.2) is 28.0 Å². The molecule has 0 atom stereocenters. The van der Waals surface area contributed by atoms with Crippen molar-refractivity contribution >= 4 is 34.4 Å². The minimum atomic E-state index is -3.84. The summed E-state index contributed by atoms with van der Waals surface area (Å²) in [6.07, 6.45) is -0.700. The Morgan fingerprint density at radius 1 is 1.37 bits per heavy atom. The molecular weight excluding hydrogens is 288 g/mol. The smallest absolute Gasteiger partial charge is 0.412 e. The van der Waals surface area contributed by atoms with Crippen LogP contribution in [0.3, 0.4) is 0 Å². The Morgan fingerprint density at radius 2 is 1.95 bits per heavy atom. The van der Waals surface area contributed by atoms with E-state index in [-0.39, 0.29) is 10.6 Å². The Labute approximate surface area is 117 Å². The van der Waals surface area contributed by atoms with Crippen LogP contribution in [-0.4, -0.2) is 20.1 Å². The van der Waals surface area contributed by atoms with Crippen molar-refractivity contribution in [3.63, 3.8) is 0 Å². The van der Waals surface area contributed by atoms with Crippen LogP contribution in [0.25, 0.3) is 0 Å². The van der Waals surface area contributed by atoms with Gasteiger partial charge in [0, 0.05) is 4.90 Å². The highest BCUT2D eigenvalue weighted by Crippen LogP contribution is 2.24. The number of sulfonamides is 1. The first-order valence-corrected chi connectivity index (χ1v) is 7.34. The van der Waals surface area contributed by atoms with Crippen molar-refractivity contribution in [3.8, 4) is 0 Å². The van der Waals surface area contributed by atoms with Gasteiger partial charge in [-0.15, -0.1) is 12.6 Å². The lowest BCUT2D eigenvalue weighted by molar-refractivity contribution is 0.0635. The van der Waals surface area contributed by atoms with Gasteiger partial charge in [0.2, 0.25) is 10.0 Å². The largest absolute Gasteiger partial charge is 0.444 e. The molecular formula is C11H16N2O4S2. The van der Waals surface area contributed by atoms with E-state index >= 15 is 0 Å². The zero-order chi connectivity index (χ0) is 14.8. The molecule has 1 aromatic carbocycles. The second kappa shape index (κ2) is 5.40. The van der Waals surface area contributed by atoms with Crippen molar-refractivity contribution in [2.24, 2.45) is 5.14 Å². The van der Waals surface area contributed by atoms with Crippen LogP contribution in [0.2, 0.25) is 0 Å². The molecule has 0 saturated heterocycles. The number of hydrogen-bond acceptors (Lipinski definition) is 5. The number of ether oxygens (including phenoxy) is 1. The van der Waals surface area contributed by atoms with Gasteiger partial charge in [-0.3, -0.25) is 5.32 Å². The van der Waals surface area contributed by atoms with Crippen LogP contribution < -0.4 is 10.5 Å². The number of hydrogen-bond donors (Lipinski definition) is 3. The van der Waals surface area contributed by atoms with Gasteiger partial charge in [0.25, 0.3) is 0 Å². The molecule has 0 fully saturated rings. The first-order valence-electron chi connectivity index (χ1n) is 5.35. The molecule has 1 amide bonds. The predicted molar refractivity (Wildman–Crippen MR) is 74.9 cm³/mol. The summed E-state index contributed by atoms with van der Waals surface area (Å²) >= 11 is 4.12. The molecule has 0 saturated carbocycles. The molecule has 0 radical (unpaired) electrons. The van der Waals surface area contributed by atoms with Crippen molar-refractivity contribution in [2.75, 3.05) is 5.32 Å². The van der Waals surface area contributed by atoms with Crippen molar-refractivity contribution in [1.82, 2.24) is 0 Å². The van der Waals surface area contributed by atoms with E-state index in [0.29, 0.717) is 4.90 Å². The molecule has 0 unspecified atom stereocenters. The lowest BCUT2D eigenvalue weighted by Crippen LogP contribution is -2.27. The summed E-state index contributed by atoms with van der Waals surface area (Å²) < 4.78 is 27.5. The number of amides is 1. The summed E-state index contributed by atoms with van der Waals surface area (Å²) in [5, 5.41) is 7.43. The molecule has 0 aliphatic heterocycles. The fourth-order valence-corrected chi connectivity index (χ4v) is 1.94. The highest BCUT2D eigenvalue weighted by atomic mass is 32.2. The molecule has 106 valence electrons. The summed E-state index contributed by atoms with van der Waals surface area (Å²) in [6, 6.07) is 3.95. The molecule has 0 bridgehead atoms. The van der Waals surface area contributed by atoms with Gasteiger partial charge < -0.3 is 4.74 Å². The zero-order valence-electron chi connectivity index (χ0n) is 10.8. The third-order valence-corrected chi connectivity index (χ3v) is 3.23. The minimum Gasteiger partial charge on any atom is -0.444 e. The second-order valence-electron chi connectivity index (χ2n) is 4.85. The molecule has 1 rings (SSSR count). The summed E-state index contributed by atoms with van der Waals surface area (Å²) in [6.45, 7) is 5.15. The number of carbonyl (C=O) groups excluding carboxylic acids is 1. The SMILES string of the molecule is CC(C)(C)OC(=O)Nc1cc(S(N)(=O)=O)ccc1S. The molecule has 0 aromatic heterocycles. The fraction of sp³-hybridized carbons (Fsp3) is 0.364. The van der Waals surface area contributed by atoms with Gasteiger partial charge >= 0.3 is 6.09 Å². The average molecular weight is 304 g/mol. The van der Waals surface area contributed by atoms with Crippen LogP contribution in [0.4, 0.5) is 10.5 Å². The number of nitrogens with one attached hydrogen (secondary N) is 1. The number of anilines is 1. The molecule has 1 aromatic rings. The van der Waals surface area contributed by atoms with E-state index in [1.165, 1.54) is 18.2 Å². The lowest BCUT2D eigenvalue weighted by Gasteiger charge is -2.20. The summed E-state index contributed by atoms with van der Waals surface area (Å²) in [4.78, 5) is 11.9. The van der Waals surface area contributed by atoms with Gasteiger partial charge in [0.05, 0.1) is 10.6 Å². The minimum absolute atomic E-state index is 0.114. The van der Waals surface area contributed by atoms with Crippen LogP contribution >= 0.6 is 12.6 Å². The lowest BCUT2D eigenvalue weighted by atomic mass is 10.2. The molecule has 0 spiro atoms. The van der Waals surface area contributed by atoms with Crippen molar-refractivity contribution < 1.29 is 17.9 Å². The molecule has 8 heteroatoms. The summed E-state index contributed by atoms with van der Waals surface area (Å²) in [7, 11) is -3.84. The Kier molecular flexibility index (Phi) is 4.49. The van der Waals surface area contributed by atoms with E-state index in [1.807, 2.05) is 0 Å². The van der Waals surface area contributed by atoms with Gasteiger partial charge in [0.15, 0.2) is 0 Å². The van der Waals surface area contributed by atoms with Crippen LogP contribution in [0.5, 0.6) is 0 Å². The number of primary sulfonamides is 1. The topological polar surface area (TPSA) is 98.5 Å². The average Bonchev–Trinajstić information content (AvgIpc) is 2.16. The van der Waals surface area contributed by atoms with Crippen LogP contribution in [0.1, 0.15) is 20.8 Å². The number of carbonyl (C=O) groups is 1. The molecule has 0 aliphatic carbocycles. The molecule has 6 nitrogen and oxygen atoms in total. The van der Waals surface area contributed by atoms with Crippen LogP contribution in [0, 0.1) is 0 Å². The number of rotatable bonds is 2. The maximum atomic E-state index is 11.6. The Balaban J connectivity index is 2.99. The van der Waals surface area contributed by atoms with E-state index in [4.69, 9.17) is 9.88 Å². The quantitative estimate of drug-likeness (QED) is 0.727. The van der Waals surface area contributed by atoms with E-state index in [2.05, 4.69) is 17.9 Å². The van der Waals surface area contributed by atoms with Crippen molar-refractivity contribution in [3.05, 3.63) is 18.2 Å². The van der Waals surface area contributed by atoms with Crippen molar-refractivity contribution in [2.45, 2.75) is 36.2 Å². The number of thiol groups is 1. The Bertz CT molecular complexity index is 591. The third-order valence-electron chi connectivity index (χ3n) is 1.93. The Morgan fingerprint density at radius 3 is 2.42 bits per heavy atom. The first-order chi connectivity index (χ1) is 8.49. The van der Waals surface area contributed by atoms with Crippen molar-refractivity contribution in [1.29, 1.82) is 0 Å². The monoisotopic (exact) mass is 304 g/mol. The molecule has 0 aliphatic rings. The predicted octanol–water partition coefficient (Wildman–Crippen LogP) is 1.97.